The molecule has 10 nitrogen and oxygen atoms in total. The second kappa shape index (κ2) is 6.35. The summed E-state index contributed by atoms with van der Waals surface area (Å²) in [5.74, 6) is 0.484. The molecule has 2 aromatic carbocycles. The number of hydrogen-bond donors (Lipinski definition) is 1. The topological polar surface area (TPSA) is 131 Å². The minimum absolute atomic E-state index is 0.128. The summed E-state index contributed by atoms with van der Waals surface area (Å²) in [6.45, 7) is 0. The number of aromatic nitrogens is 2. The summed E-state index contributed by atoms with van der Waals surface area (Å²) in [7, 11) is 1.51. The molecule has 1 heterocycles. The van der Waals surface area contributed by atoms with E-state index < -0.39 is 15.5 Å². The first-order chi connectivity index (χ1) is 12.0. The number of nitrogens with one attached hydrogen (secondary N) is 1. The molecular formula is C15H12N6O4. The number of hydrogen-bond acceptors (Lipinski definition) is 7. The van der Waals surface area contributed by atoms with Crippen molar-refractivity contribution in [3.8, 4) is 0 Å². The van der Waals surface area contributed by atoms with Crippen molar-refractivity contribution in [1.29, 1.82) is 0 Å². The molecule has 3 aromatic rings. The third-order valence-corrected chi connectivity index (χ3v) is 3.48. The van der Waals surface area contributed by atoms with Crippen molar-refractivity contribution in [1.82, 2.24) is 9.97 Å². The Kier molecular flexibility index (Phi) is 4.08. The summed E-state index contributed by atoms with van der Waals surface area (Å²) in [6.07, 6.45) is 1.42. The van der Waals surface area contributed by atoms with Gasteiger partial charge < -0.3 is 4.98 Å². The van der Waals surface area contributed by atoms with E-state index in [1.165, 1.54) is 30.4 Å². The Morgan fingerprint density at radius 3 is 2.60 bits per heavy atom. The smallest absolute Gasteiger partial charge is 0.301 e. The number of fused-ring (bicyclic) bond motifs is 1. The van der Waals surface area contributed by atoms with Crippen molar-refractivity contribution in [3.63, 3.8) is 0 Å². The predicted molar refractivity (Wildman–Crippen MR) is 91.8 cm³/mol. The minimum atomic E-state index is -0.686. The zero-order valence-electron chi connectivity index (χ0n) is 13.0. The second-order valence-electron chi connectivity index (χ2n) is 5.09. The van der Waals surface area contributed by atoms with Gasteiger partial charge in [0, 0.05) is 13.1 Å². The number of benzene rings is 2. The fraction of sp³-hybridized carbons (Fsp3) is 0.0667. The van der Waals surface area contributed by atoms with E-state index in [0.717, 1.165) is 17.1 Å². The lowest BCUT2D eigenvalue weighted by Crippen LogP contribution is -2.11. The van der Waals surface area contributed by atoms with Crippen molar-refractivity contribution in [2.45, 2.75) is 0 Å². The Balaban J connectivity index is 1.90. The molecule has 0 radical (unpaired) electrons. The average molecular weight is 340 g/mol. The van der Waals surface area contributed by atoms with Gasteiger partial charge in [-0.15, -0.1) is 0 Å². The highest BCUT2D eigenvalue weighted by atomic mass is 16.6. The van der Waals surface area contributed by atoms with E-state index in [1.54, 1.807) is 0 Å². The normalized spacial score (nSPS) is 11.1. The van der Waals surface area contributed by atoms with E-state index in [2.05, 4.69) is 15.1 Å². The molecule has 3 rings (SSSR count). The summed E-state index contributed by atoms with van der Waals surface area (Å²) in [4.78, 5) is 28.0. The van der Waals surface area contributed by atoms with E-state index >= 15 is 0 Å². The molecule has 0 amide bonds. The highest BCUT2D eigenvalue weighted by molar-refractivity contribution is 5.84. The summed E-state index contributed by atoms with van der Waals surface area (Å²) < 4.78 is 0. The maximum absolute atomic E-state index is 11.2. The third kappa shape index (κ3) is 3.27. The lowest BCUT2D eigenvalue weighted by molar-refractivity contribution is -0.393. The molecular weight excluding hydrogens is 328 g/mol. The lowest BCUT2D eigenvalue weighted by atomic mass is 10.2. The van der Waals surface area contributed by atoms with Gasteiger partial charge in [-0.2, -0.15) is 5.10 Å². The van der Waals surface area contributed by atoms with Crippen LogP contribution in [0.4, 0.5) is 17.1 Å². The first kappa shape index (κ1) is 16.1. The van der Waals surface area contributed by atoms with E-state index in [9.17, 15) is 20.2 Å². The number of anilines is 1. The Labute approximate surface area is 140 Å². The molecule has 0 fully saturated rings. The summed E-state index contributed by atoms with van der Waals surface area (Å²) >= 11 is 0. The molecule has 0 atom stereocenters. The molecule has 0 aliphatic heterocycles. The summed E-state index contributed by atoms with van der Waals surface area (Å²) in [6, 6.07) is 10.8. The fourth-order valence-electron chi connectivity index (χ4n) is 2.28. The van der Waals surface area contributed by atoms with Crippen LogP contribution in [0.3, 0.4) is 0 Å². The van der Waals surface area contributed by atoms with Crippen LogP contribution in [0.1, 0.15) is 5.82 Å². The maximum Gasteiger partial charge on any atom is 0.301 e. The number of imidazole rings is 1. The SMILES string of the molecule is CN(/N=C\c1nc2ccccc2[nH]1)c1ccc([N+](=O)[O-])cc1[N+](=O)[O-]. The number of nitrogens with zero attached hydrogens (tertiary/aromatic N) is 5. The number of rotatable bonds is 5. The van der Waals surface area contributed by atoms with Crippen LogP contribution in [0.2, 0.25) is 0 Å². The molecule has 126 valence electrons. The zero-order chi connectivity index (χ0) is 18.0. The van der Waals surface area contributed by atoms with Crippen LogP contribution >= 0.6 is 0 Å². The molecule has 0 bridgehead atoms. The molecule has 1 N–H and O–H groups in total. The van der Waals surface area contributed by atoms with Gasteiger partial charge in [0.1, 0.15) is 5.69 Å². The van der Waals surface area contributed by atoms with Crippen LogP contribution in [0, 0.1) is 20.2 Å². The molecule has 0 spiro atoms. The van der Waals surface area contributed by atoms with Crippen molar-refractivity contribution < 1.29 is 9.85 Å². The fourth-order valence-corrected chi connectivity index (χ4v) is 2.28. The number of non-ortho nitro benzene ring substituents is 1. The van der Waals surface area contributed by atoms with Gasteiger partial charge in [-0.05, 0) is 18.2 Å². The van der Waals surface area contributed by atoms with Gasteiger partial charge >= 0.3 is 5.69 Å². The number of aromatic amines is 1. The Hall–Kier alpha value is -3.82. The summed E-state index contributed by atoms with van der Waals surface area (Å²) in [5.41, 5.74) is 0.979. The molecule has 0 saturated carbocycles. The first-order valence-electron chi connectivity index (χ1n) is 7.11. The second-order valence-corrected chi connectivity index (χ2v) is 5.09. The number of para-hydroxylation sites is 2. The molecule has 0 unspecified atom stereocenters. The van der Waals surface area contributed by atoms with E-state index in [1.807, 2.05) is 24.3 Å². The first-order valence-corrected chi connectivity index (χ1v) is 7.11. The molecule has 0 saturated heterocycles. The van der Waals surface area contributed by atoms with Gasteiger partial charge in [0.05, 0.1) is 33.2 Å². The Morgan fingerprint density at radius 1 is 1.16 bits per heavy atom. The standard InChI is InChI=1S/C15H12N6O4/c1-19(13-7-6-10(20(22)23)8-14(13)21(24)25)16-9-15-17-11-4-2-3-5-12(11)18-15/h2-9H,1H3,(H,17,18)/b16-9-. The summed E-state index contributed by atoms with van der Waals surface area (Å²) in [5, 5.41) is 27.3. The van der Waals surface area contributed by atoms with Gasteiger partial charge in [-0.3, -0.25) is 25.2 Å². The maximum atomic E-state index is 11.2. The zero-order valence-corrected chi connectivity index (χ0v) is 13.0. The van der Waals surface area contributed by atoms with Gasteiger partial charge in [-0.25, -0.2) is 4.98 Å². The van der Waals surface area contributed by atoms with E-state index in [-0.39, 0.29) is 11.4 Å². The van der Waals surface area contributed by atoms with Crippen LogP contribution in [-0.2, 0) is 0 Å². The molecule has 1 aromatic heterocycles. The van der Waals surface area contributed by atoms with Crippen LogP contribution < -0.4 is 5.01 Å². The van der Waals surface area contributed by atoms with Gasteiger partial charge in [0.25, 0.3) is 5.69 Å². The van der Waals surface area contributed by atoms with Gasteiger partial charge in [0.2, 0.25) is 0 Å². The highest BCUT2D eigenvalue weighted by Crippen LogP contribution is 2.31. The molecule has 25 heavy (non-hydrogen) atoms. The molecule has 10 heteroatoms. The Bertz CT molecular complexity index is 964. The van der Waals surface area contributed by atoms with E-state index in [0.29, 0.717) is 5.82 Å². The largest absolute Gasteiger partial charge is 0.337 e. The van der Waals surface area contributed by atoms with Gasteiger partial charge in [0.15, 0.2) is 5.82 Å². The average Bonchev–Trinajstić information content (AvgIpc) is 3.02. The number of hydrazone groups is 1. The van der Waals surface area contributed by atoms with Crippen LogP contribution in [0.15, 0.2) is 47.6 Å². The lowest BCUT2D eigenvalue weighted by Gasteiger charge is -2.12. The van der Waals surface area contributed by atoms with Crippen LogP contribution in [-0.4, -0.2) is 33.1 Å². The van der Waals surface area contributed by atoms with Crippen molar-refractivity contribution >= 4 is 34.3 Å². The number of nitro benzene ring substituents is 2. The number of H-pyrrole nitrogens is 1. The third-order valence-electron chi connectivity index (χ3n) is 3.48. The molecule has 0 aliphatic carbocycles. The monoisotopic (exact) mass is 340 g/mol. The van der Waals surface area contributed by atoms with Crippen molar-refractivity contribution in [3.05, 3.63) is 68.5 Å². The van der Waals surface area contributed by atoms with Crippen LogP contribution in [0.5, 0.6) is 0 Å². The van der Waals surface area contributed by atoms with Gasteiger partial charge in [-0.1, -0.05) is 12.1 Å². The van der Waals surface area contributed by atoms with E-state index in [4.69, 9.17) is 0 Å². The minimum Gasteiger partial charge on any atom is -0.337 e. The van der Waals surface area contributed by atoms with Crippen molar-refractivity contribution in [2.24, 2.45) is 5.10 Å². The number of nitro groups is 2. The Morgan fingerprint density at radius 2 is 1.92 bits per heavy atom. The predicted octanol–water partition coefficient (Wildman–Crippen LogP) is 2.85. The van der Waals surface area contributed by atoms with Crippen LogP contribution in [0.25, 0.3) is 11.0 Å². The quantitative estimate of drug-likeness (QED) is 0.431. The molecule has 0 aliphatic rings. The highest BCUT2D eigenvalue weighted by Gasteiger charge is 2.21. The van der Waals surface area contributed by atoms with Crippen molar-refractivity contribution in [2.75, 3.05) is 12.1 Å².